The molecule has 1 N–H and O–H groups in total. The van der Waals surface area contributed by atoms with E-state index in [-0.39, 0.29) is 0 Å². The van der Waals surface area contributed by atoms with Gasteiger partial charge in [-0.25, -0.2) is 0 Å². The average Bonchev–Trinajstić information content (AvgIpc) is 2.59. The average molecular weight is 317 g/mol. The first-order valence-corrected chi connectivity index (χ1v) is 7.02. The number of rotatable bonds is 8. The molecule has 0 amide bonds. The lowest BCUT2D eigenvalue weighted by atomic mass is 10.2. The third-order valence-corrected chi connectivity index (χ3v) is 3.05. The molecule has 0 bridgehead atoms. The summed E-state index contributed by atoms with van der Waals surface area (Å²) in [6.07, 6.45) is 1.32. The van der Waals surface area contributed by atoms with Crippen molar-refractivity contribution in [1.29, 1.82) is 0 Å². The lowest BCUT2D eigenvalue weighted by Crippen LogP contribution is -2.09. The van der Waals surface area contributed by atoms with Crippen LogP contribution in [0.4, 0.5) is 0 Å². The second-order valence-corrected chi connectivity index (χ2v) is 4.53. The molecular weight excluding hydrogens is 298 g/mol. The highest BCUT2D eigenvalue weighted by atomic mass is 16.5. The summed E-state index contributed by atoms with van der Waals surface area (Å²) in [4.78, 5) is 0. The van der Waals surface area contributed by atoms with Crippen LogP contribution in [-0.4, -0.2) is 38.9 Å². The van der Waals surface area contributed by atoms with E-state index in [9.17, 15) is 0 Å². The van der Waals surface area contributed by atoms with Crippen LogP contribution >= 0.6 is 0 Å². The molecule has 0 radical (unpaired) electrons. The maximum absolute atomic E-state index is 8.59. The summed E-state index contributed by atoms with van der Waals surface area (Å²) in [6.45, 7) is 0.710. The van der Waals surface area contributed by atoms with Crippen LogP contribution < -0.4 is 18.9 Å². The predicted octanol–water partition coefficient (Wildman–Crippen LogP) is 2.97. The Kier molecular flexibility index (Phi) is 6.11. The van der Waals surface area contributed by atoms with Crippen LogP contribution in [0, 0.1) is 0 Å². The minimum Gasteiger partial charge on any atom is -0.497 e. The zero-order valence-electron chi connectivity index (χ0n) is 13.1. The highest BCUT2D eigenvalue weighted by Crippen LogP contribution is 2.27. The number of nitrogens with zero attached hydrogens (tertiary/aromatic N) is 1. The summed E-state index contributed by atoms with van der Waals surface area (Å²) < 4.78 is 21.6. The molecule has 6 nitrogen and oxygen atoms in total. The molecule has 0 saturated heterocycles. The molecule has 122 valence electrons. The summed E-state index contributed by atoms with van der Waals surface area (Å²) in [5, 5.41) is 11.6. The Hall–Kier alpha value is -2.89. The van der Waals surface area contributed by atoms with Gasteiger partial charge in [-0.05, 0) is 30.3 Å². The number of oxime groups is 1. The Labute approximate surface area is 134 Å². The van der Waals surface area contributed by atoms with Gasteiger partial charge in [-0.3, -0.25) is 0 Å². The largest absolute Gasteiger partial charge is 0.497 e. The third kappa shape index (κ3) is 4.81. The summed E-state index contributed by atoms with van der Waals surface area (Å²) in [5.74, 6) is 2.60. The van der Waals surface area contributed by atoms with Crippen LogP contribution in [-0.2, 0) is 0 Å². The Morgan fingerprint density at radius 3 is 2.43 bits per heavy atom. The van der Waals surface area contributed by atoms with Crippen molar-refractivity contribution in [2.75, 3.05) is 27.4 Å². The molecule has 0 fully saturated rings. The molecule has 0 atom stereocenters. The van der Waals surface area contributed by atoms with E-state index >= 15 is 0 Å². The fourth-order valence-corrected chi connectivity index (χ4v) is 1.96. The van der Waals surface area contributed by atoms with Crippen molar-refractivity contribution >= 4 is 6.21 Å². The molecule has 0 aliphatic rings. The minimum absolute atomic E-state index is 0.341. The predicted molar refractivity (Wildman–Crippen MR) is 86.4 cm³/mol. The lowest BCUT2D eigenvalue weighted by Gasteiger charge is -2.12. The first-order valence-electron chi connectivity index (χ1n) is 7.02. The first kappa shape index (κ1) is 16.5. The minimum atomic E-state index is 0.341. The molecule has 2 aromatic rings. The van der Waals surface area contributed by atoms with Gasteiger partial charge >= 0.3 is 0 Å². The molecule has 0 aliphatic carbocycles. The van der Waals surface area contributed by atoms with E-state index < -0.39 is 0 Å². The molecule has 0 heterocycles. The second-order valence-electron chi connectivity index (χ2n) is 4.53. The molecule has 23 heavy (non-hydrogen) atoms. The van der Waals surface area contributed by atoms with E-state index in [4.69, 9.17) is 24.2 Å². The molecular formula is C17H19NO5. The molecule has 0 aromatic heterocycles. The fourth-order valence-electron chi connectivity index (χ4n) is 1.96. The number of methoxy groups -OCH3 is 2. The Balaban J connectivity index is 1.91. The molecule has 0 aliphatic heterocycles. The van der Waals surface area contributed by atoms with Gasteiger partial charge in [0.1, 0.15) is 24.7 Å². The normalized spacial score (nSPS) is 10.5. The Morgan fingerprint density at radius 2 is 1.70 bits per heavy atom. The number of benzene rings is 2. The van der Waals surface area contributed by atoms with E-state index in [0.29, 0.717) is 36.0 Å². The van der Waals surface area contributed by atoms with Gasteiger partial charge in [-0.1, -0.05) is 11.2 Å². The van der Waals surface area contributed by atoms with Gasteiger partial charge in [0.05, 0.1) is 20.4 Å². The van der Waals surface area contributed by atoms with Gasteiger partial charge < -0.3 is 24.2 Å². The molecule has 0 unspecified atom stereocenters. The zero-order chi connectivity index (χ0) is 16.5. The topological polar surface area (TPSA) is 69.5 Å². The first-order chi connectivity index (χ1) is 11.3. The van der Waals surface area contributed by atoms with Crippen molar-refractivity contribution in [2.45, 2.75) is 0 Å². The molecule has 2 rings (SSSR count). The van der Waals surface area contributed by atoms with Gasteiger partial charge in [-0.2, -0.15) is 0 Å². The van der Waals surface area contributed by atoms with E-state index in [1.807, 2.05) is 18.2 Å². The molecule has 0 spiro atoms. The van der Waals surface area contributed by atoms with Gasteiger partial charge in [-0.15, -0.1) is 0 Å². The van der Waals surface area contributed by atoms with Crippen molar-refractivity contribution in [3.63, 3.8) is 0 Å². The van der Waals surface area contributed by atoms with E-state index in [1.165, 1.54) is 6.21 Å². The van der Waals surface area contributed by atoms with Gasteiger partial charge in [0.25, 0.3) is 0 Å². The van der Waals surface area contributed by atoms with E-state index in [0.717, 1.165) is 5.75 Å². The lowest BCUT2D eigenvalue weighted by molar-refractivity contribution is 0.211. The fraction of sp³-hybridized carbons (Fsp3) is 0.235. The number of hydrogen-bond acceptors (Lipinski definition) is 6. The summed E-state index contributed by atoms with van der Waals surface area (Å²) in [5.41, 5.74) is 0.706. The number of hydrogen-bond donors (Lipinski definition) is 1. The maximum atomic E-state index is 8.59. The van der Waals surface area contributed by atoms with E-state index in [2.05, 4.69) is 5.16 Å². The maximum Gasteiger partial charge on any atom is 0.161 e. The highest BCUT2D eigenvalue weighted by molar-refractivity contribution is 5.80. The smallest absolute Gasteiger partial charge is 0.161 e. The van der Waals surface area contributed by atoms with Crippen LogP contribution in [0.1, 0.15) is 5.56 Å². The zero-order valence-corrected chi connectivity index (χ0v) is 13.1. The van der Waals surface area contributed by atoms with Crippen molar-refractivity contribution in [3.8, 4) is 23.0 Å². The molecule has 0 saturated carbocycles. The quantitative estimate of drug-likeness (QED) is 0.351. The van der Waals surface area contributed by atoms with E-state index in [1.54, 1.807) is 38.5 Å². The van der Waals surface area contributed by atoms with Crippen LogP contribution in [0.25, 0.3) is 0 Å². The van der Waals surface area contributed by atoms with Gasteiger partial charge in [0.2, 0.25) is 0 Å². The summed E-state index contributed by atoms with van der Waals surface area (Å²) >= 11 is 0. The van der Waals surface area contributed by atoms with Crippen molar-refractivity contribution in [3.05, 3.63) is 48.0 Å². The number of ether oxygens (including phenoxy) is 4. The summed E-state index contributed by atoms with van der Waals surface area (Å²) in [7, 11) is 3.17. The highest BCUT2D eigenvalue weighted by Gasteiger charge is 2.05. The van der Waals surface area contributed by atoms with Gasteiger partial charge in [0, 0.05) is 11.6 Å². The van der Waals surface area contributed by atoms with Crippen molar-refractivity contribution < 1.29 is 24.2 Å². The standard InChI is InChI=1S/C17H19NO5/c1-20-14-4-3-5-15(11-14)22-8-9-23-17-10-13(12-18-19)6-7-16(17)21-2/h3-7,10-12,19H,8-9H2,1-2H3. The van der Waals surface area contributed by atoms with Crippen LogP contribution in [0.3, 0.4) is 0 Å². The van der Waals surface area contributed by atoms with Crippen molar-refractivity contribution in [1.82, 2.24) is 0 Å². The van der Waals surface area contributed by atoms with Crippen molar-refractivity contribution in [2.24, 2.45) is 5.16 Å². The molecule has 2 aromatic carbocycles. The summed E-state index contributed by atoms with van der Waals surface area (Å²) in [6, 6.07) is 12.6. The van der Waals surface area contributed by atoms with Crippen LogP contribution in [0.15, 0.2) is 47.6 Å². The Bertz CT molecular complexity index is 657. The SMILES string of the molecule is COc1cccc(OCCOc2cc(C=NO)ccc2OC)c1. The third-order valence-electron chi connectivity index (χ3n) is 3.05. The molecule has 6 heteroatoms. The van der Waals surface area contributed by atoms with Crippen LogP contribution in [0.5, 0.6) is 23.0 Å². The second kappa shape index (κ2) is 8.53. The monoisotopic (exact) mass is 317 g/mol. The van der Waals surface area contributed by atoms with Gasteiger partial charge in [0.15, 0.2) is 11.5 Å². The Morgan fingerprint density at radius 1 is 0.913 bits per heavy atom. The van der Waals surface area contributed by atoms with Crippen LogP contribution in [0.2, 0.25) is 0 Å².